The molecule has 0 aliphatic heterocycles. The van der Waals surface area contributed by atoms with Gasteiger partial charge in [-0.2, -0.15) is 0 Å². The van der Waals surface area contributed by atoms with Crippen LogP contribution >= 0.6 is 0 Å². The van der Waals surface area contributed by atoms with Gasteiger partial charge in [0, 0.05) is 27.6 Å². The Morgan fingerprint density at radius 1 is 0.441 bits per heavy atom. The van der Waals surface area contributed by atoms with Gasteiger partial charge in [-0.15, -0.1) is 0 Å². The van der Waals surface area contributed by atoms with Crippen LogP contribution in [0.4, 0.5) is 0 Å². The molecule has 0 amide bonds. The molecular weight excluding hydrogens is 715 g/mol. The number of hydrogen-bond acceptors (Lipinski definition) is 1. The van der Waals surface area contributed by atoms with Crippen molar-refractivity contribution in [2.24, 2.45) is 10.7 Å². The number of fused-ring (bicyclic) bond motifs is 4. The summed E-state index contributed by atoms with van der Waals surface area (Å²) < 4.78 is 2.37. The van der Waals surface area contributed by atoms with E-state index in [9.17, 15) is 0 Å². The van der Waals surface area contributed by atoms with Crippen LogP contribution in [0.15, 0.2) is 229 Å². The highest BCUT2D eigenvalue weighted by Crippen LogP contribution is 2.38. The molecule has 3 heteroatoms. The fourth-order valence-electron chi connectivity index (χ4n) is 8.36. The quantitative estimate of drug-likeness (QED) is 0.116. The van der Waals surface area contributed by atoms with Gasteiger partial charge in [0.25, 0.3) is 0 Å². The van der Waals surface area contributed by atoms with Crippen molar-refractivity contribution >= 4 is 44.1 Å². The van der Waals surface area contributed by atoms with Crippen LogP contribution in [0.2, 0.25) is 0 Å². The lowest BCUT2D eigenvalue weighted by molar-refractivity contribution is 1.18. The van der Waals surface area contributed by atoms with E-state index < -0.39 is 0 Å². The second-order valence-electron chi connectivity index (χ2n) is 14.9. The zero-order valence-electron chi connectivity index (χ0n) is 32.5. The summed E-state index contributed by atoms with van der Waals surface area (Å²) in [5.41, 5.74) is 21.4. The van der Waals surface area contributed by atoms with Crippen molar-refractivity contribution in [2.75, 3.05) is 0 Å². The summed E-state index contributed by atoms with van der Waals surface area (Å²) >= 11 is 0. The highest BCUT2D eigenvalue weighted by molar-refractivity contribution is 6.10. The van der Waals surface area contributed by atoms with Gasteiger partial charge in [-0.25, -0.2) is 4.99 Å². The number of allylic oxidation sites excluding steroid dienone is 1. The number of amidine groups is 1. The van der Waals surface area contributed by atoms with Crippen LogP contribution in [0.5, 0.6) is 0 Å². The third-order valence-corrected chi connectivity index (χ3v) is 11.3. The molecule has 1 aromatic heterocycles. The molecule has 0 radical (unpaired) electrons. The molecule has 0 aliphatic carbocycles. The highest BCUT2D eigenvalue weighted by atomic mass is 15.0. The SMILES string of the molecule is N/C(=N\C(=C/Cc1cccc(-c2ccccc2)c1)c1ccc(-c2ccc(-c3ccc4c5ccccc5n(-c5ccccc5)c4c3)cc2)c2ccccc12)c1ccccc1. The predicted octanol–water partition coefficient (Wildman–Crippen LogP) is 13.9. The Labute approximate surface area is 344 Å². The molecule has 0 aliphatic rings. The van der Waals surface area contributed by atoms with Gasteiger partial charge in [0.1, 0.15) is 5.84 Å². The molecule has 0 bridgehead atoms. The number of rotatable bonds is 9. The highest BCUT2D eigenvalue weighted by Gasteiger charge is 2.15. The number of aliphatic imine (C=N–C) groups is 1. The van der Waals surface area contributed by atoms with E-state index in [1.807, 2.05) is 30.3 Å². The van der Waals surface area contributed by atoms with Crippen molar-refractivity contribution in [1.29, 1.82) is 0 Å². The van der Waals surface area contributed by atoms with Crippen molar-refractivity contribution in [3.8, 4) is 39.1 Å². The maximum atomic E-state index is 6.73. The van der Waals surface area contributed by atoms with Crippen LogP contribution in [-0.4, -0.2) is 10.4 Å². The Hall–Kier alpha value is -7.75. The number of nitrogens with zero attached hydrogens (tertiary/aromatic N) is 2. The van der Waals surface area contributed by atoms with Gasteiger partial charge in [0.15, 0.2) is 0 Å². The average molecular weight is 756 g/mol. The molecule has 3 nitrogen and oxygen atoms in total. The van der Waals surface area contributed by atoms with Crippen LogP contribution in [-0.2, 0) is 6.42 Å². The van der Waals surface area contributed by atoms with Gasteiger partial charge < -0.3 is 10.3 Å². The van der Waals surface area contributed by atoms with E-state index in [1.165, 1.54) is 55.2 Å². The fourth-order valence-corrected chi connectivity index (χ4v) is 8.36. The van der Waals surface area contributed by atoms with E-state index in [1.54, 1.807) is 0 Å². The van der Waals surface area contributed by atoms with Gasteiger partial charge in [0.05, 0.1) is 16.7 Å². The van der Waals surface area contributed by atoms with Gasteiger partial charge in [-0.1, -0.05) is 200 Å². The van der Waals surface area contributed by atoms with Gasteiger partial charge >= 0.3 is 0 Å². The normalized spacial score (nSPS) is 12.1. The third kappa shape index (κ3) is 7.00. The molecule has 280 valence electrons. The molecular formula is C56H41N3. The molecule has 0 unspecified atom stereocenters. The minimum absolute atomic E-state index is 0.487. The van der Waals surface area contributed by atoms with E-state index in [0.717, 1.165) is 38.8 Å². The number of para-hydroxylation sites is 2. The zero-order chi connectivity index (χ0) is 39.5. The summed E-state index contributed by atoms with van der Waals surface area (Å²) in [4.78, 5) is 5.13. The third-order valence-electron chi connectivity index (χ3n) is 11.3. The summed E-state index contributed by atoms with van der Waals surface area (Å²) in [5.74, 6) is 0.487. The summed E-state index contributed by atoms with van der Waals surface area (Å²) in [7, 11) is 0. The zero-order valence-corrected chi connectivity index (χ0v) is 32.5. The summed E-state index contributed by atoms with van der Waals surface area (Å²) in [6.07, 6.45) is 2.92. The number of aromatic nitrogens is 1. The Bertz CT molecular complexity index is 3160. The Morgan fingerprint density at radius 2 is 1.02 bits per heavy atom. The number of hydrogen-bond donors (Lipinski definition) is 1. The molecule has 59 heavy (non-hydrogen) atoms. The molecule has 2 N–H and O–H groups in total. The summed E-state index contributed by atoms with van der Waals surface area (Å²) in [6, 6.07) is 77.4. The van der Waals surface area contributed by atoms with Gasteiger partial charge in [0.2, 0.25) is 0 Å². The first kappa shape index (κ1) is 35.6. The fraction of sp³-hybridized carbons (Fsp3) is 0.0179. The molecule has 0 saturated carbocycles. The van der Waals surface area contributed by atoms with Crippen molar-refractivity contribution < 1.29 is 0 Å². The van der Waals surface area contributed by atoms with Gasteiger partial charge in [-0.3, -0.25) is 0 Å². The van der Waals surface area contributed by atoms with Crippen molar-refractivity contribution in [1.82, 2.24) is 4.57 Å². The summed E-state index contributed by atoms with van der Waals surface area (Å²) in [5, 5.41) is 4.80. The average Bonchev–Trinajstić information content (AvgIpc) is 3.65. The monoisotopic (exact) mass is 755 g/mol. The predicted molar refractivity (Wildman–Crippen MR) is 250 cm³/mol. The first-order valence-corrected chi connectivity index (χ1v) is 20.1. The molecule has 0 spiro atoms. The van der Waals surface area contributed by atoms with E-state index in [-0.39, 0.29) is 0 Å². The lowest BCUT2D eigenvalue weighted by atomic mass is 9.92. The maximum Gasteiger partial charge on any atom is 0.131 e. The lowest BCUT2D eigenvalue weighted by Crippen LogP contribution is -2.13. The van der Waals surface area contributed by atoms with Crippen molar-refractivity contribution in [3.63, 3.8) is 0 Å². The Balaban J connectivity index is 1.02. The number of benzene rings is 9. The molecule has 1 heterocycles. The first-order valence-electron chi connectivity index (χ1n) is 20.1. The largest absolute Gasteiger partial charge is 0.383 e. The van der Waals surface area contributed by atoms with Crippen LogP contribution in [0.3, 0.4) is 0 Å². The van der Waals surface area contributed by atoms with Crippen LogP contribution in [0.1, 0.15) is 16.7 Å². The molecule has 0 atom stereocenters. The van der Waals surface area contributed by atoms with E-state index in [4.69, 9.17) is 10.7 Å². The smallest absolute Gasteiger partial charge is 0.131 e. The molecule has 0 saturated heterocycles. The number of nitrogens with two attached hydrogens (primary N) is 1. The minimum Gasteiger partial charge on any atom is -0.383 e. The van der Waals surface area contributed by atoms with E-state index >= 15 is 0 Å². The maximum absolute atomic E-state index is 6.73. The standard InChI is InChI=1S/C56H41N3/c57-56(43-18-6-2-7-19-43)58-53(36-27-39-15-14-20-44(37-39)40-16-4-1-5-17-40)50-35-34-47(48-23-10-11-24-49(48)50)42-30-28-41(29-31-42)45-32-33-52-51-25-12-13-26-54(51)59(55(52)38-45)46-21-8-3-9-22-46/h1-26,28-38H,27H2,(H2,57,58)/b53-36-. The van der Waals surface area contributed by atoms with Crippen LogP contribution in [0.25, 0.3) is 77.3 Å². The van der Waals surface area contributed by atoms with Crippen LogP contribution < -0.4 is 5.73 Å². The molecule has 9 aromatic carbocycles. The van der Waals surface area contributed by atoms with Crippen LogP contribution in [0, 0.1) is 0 Å². The Kier molecular flexibility index (Phi) is 9.46. The van der Waals surface area contributed by atoms with Crippen molar-refractivity contribution in [3.05, 3.63) is 241 Å². The summed E-state index contributed by atoms with van der Waals surface area (Å²) in [6.45, 7) is 0. The lowest BCUT2D eigenvalue weighted by Gasteiger charge is -2.14. The first-order chi connectivity index (χ1) is 29.2. The second kappa shape index (κ2) is 15.7. The molecule has 10 aromatic rings. The second-order valence-corrected chi connectivity index (χ2v) is 14.9. The van der Waals surface area contributed by atoms with Crippen molar-refractivity contribution in [2.45, 2.75) is 6.42 Å². The van der Waals surface area contributed by atoms with E-state index in [0.29, 0.717) is 12.3 Å². The topological polar surface area (TPSA) is 43.3 Å². The molecule has 10 rings (SSSR count). The minimum atomic E-state index is 0.487. The van der Waals surface area contributed by atoms with E-state index in [2.05, 4.69) is 199 Å². The van der Waals surface area contributed by atoms with Gasteiger partial charge in [-0.05, 0) is 80.4 Å². The molecule has 0 fully saturated rings. The Morgan fingerprint density at radius 3 is 1.80 bits per heavy atom.